The second-order valence-corrected chi connectivity index (χ2v) is 8.03. The van der Waals surface area contributed by atoms with E-state index in [4.69, 9.17) is 14.6 Å². The molecule has 1 aromatic heterocycles. The van der Waals surface area contributed by atoms with Gasteiger partial charge in [0, 0.05) is 38.8 Å². The summed E-state index contributed by atoms with van der Waals surface area (Å²) in [6.07, 6.45) is -0.860. The standard InChI is InChI=1S/C15H23N3O2S.C2HF3O2/c1-17(2)15(19)12-7-11-8-18(5-3-13(11)20-10-12)9-14-16-4-6-21-14;3-2(4,5)1(6)7/h4,6,11-13H,3,5,7-10H2,1-2H3;(H,6,7)/t11-,12-,13+;/m1./s1. The summed E-state index contributed by atoms with van der Waals surface area (Å²) in [7, 11) is 3.65. The van der Waals surface area contributed by atoms with Crippen LogP contribution in [0.2, 0.25) is 0 Å². The van der Waals surface area contributed by atoms with E-state index in [1.54, 1.807) is 16.2 Å². The molecule has 0 spiro atoms. The largest absolute Gasteiger partial charge is 0.490 e. The topological polar surface area (TPSA) is 83.0 Å². The molecule has 3 heterocycles. The third-order valence-electron chi connectivity index (χ3n) is 4.72. The Morgan fingerprint density at radius 3 is 2.64 bits per heavy atom. The van der Waals surface area contributed by atoms with Gasteiger partial charge in [-0.3, -0.25) is 9.69 Å². The van der Waals surface area contributed by atoms with Crippen LogP contribution in [0.1, 0.15) is 17.8 Å². The fourth-order valence-electron chi connectivity index (χ4n) is 3.41. The number of ether oxygens (including phenoxy) is 1. The highest BCUT2D eigenvalue weighted by atomic mass is 32.1. The zero-order valence-electron chi connectivity index (χ0n) is 15.7. The molecular formula is C17H24F3N3O4S. The van der Waals surface area contributed by atoms with E-state index in [1.807, 2.05) is 25.7 Å². The van der Waals surface area contributed by atoms with Crippen LogP contribution in [0.3, 0.4) is 0 Å². The molecule has 0 aromatic carbocycles. The molecule has 0 radical (unpaired) electrons. The van der Waals surface area contributed by atoms with Gasteiger partial charge < -0.3 is 14.7 Å². The lowest BCUT2D eigenvalue weighted by molar-refractivity contribution is -0.192. The first-order valence-corrected chi connectivity index (χ1v) is 9.69. The van der Waals surface area contributed by atoms with Crippen molar-refractivity contribution in [2.45, 2.75) is 31.7 Å². The van der Waals surface area contributed by atoms with E-state index in [9.17, 15) is 18.0 Å². The zero-order valence-corrected chi connectivity index (χ0v) is 16.5. The summed E-state index contributed by atoms with van der Waals surface area (Å²) in [4.78, 5) is 29.5. The van der Waals surface area contributed by atoms with Crippen molar-refractivity contribution < 1.29 is 32.6 Å². The van der Waals surface area contributed by atoms with E-state index in [0.717, 1.165) is 32.5 Å². The van der Waals surface area contributed by atoms with Crippen LogP contribution in [-0.4, -0.2) is 77.8 Å². The van der Waals surface area contributed by atoms with Gasteiger partial charge in [-0.2, -0.15) is 13.2 Å². The van der Waals surface area contributed by atoms with Gasteiger partial charge >= 0.3 is 12.1 Å². The Hall–Kier alpha value is -1.72. The molecular weight excluding hydrogens is 399 g/mol. The van der Waals surface area contributed by atoms with Crippen LogP contribution < -0.4 is 0 Å². The Labute approximate surface area is 165 Å². The molecule has 28 heavy (non-hydrogen) atoms. The molecule has 2 fully saturated rings. The molecule has 158 valence electrons. The second-order valence-electron chi connectivity index (χ2n) is 7.05. The first-order chi connectivity index (χ1) is 13.1. The SMILES string of the molecule is CN(C)C(=O)[C@H]1CO[C@H]2CCN(Cc3nccs3)C[C@H]2C1.O=C(O)C(F)(F)F. The number of piperidine rings is 1. The highest BCUT2D eigenvalue weighted by Crippen LogP contribution is 2.32. The molecule has 0 bridgehead atoms. The summed E-state index contributed by atoms with van der Waals surface area (Å²) < 4.78 is 37.7. The summed E-state index contributed by atoms with van der Waals surface area (Å²) in [6.45, 7) is 3.59. The van der Waals surface area contributed by atoms with Gasteiger partial charge in [-0.25, -0.2) is 9.78 Å². The van der Waals surface area contributed by atoms with Gasteiger partial charge in [0.05, 0.1) is 25.2 Å². The lowest BCUT2D eigenvalue weighted by atomic mass is 9.83. The molecule has 1 amide bonds. The molecule has 2 aliphatic rings. The number of thiazole rings is 1. The predicted molar refractivity (Wildman–Crippen MR) is 95.7 cm³/mol. The number of likely N-dealkylation sites (tertiary alicyclic amines) is 1. The molecule has 2 aliphatic heterocycles. The van der Waals surface area contributed by atoms with Crippen molar-refractivity contribution in [1.82, 2.24) is 14.8 Å². The fourth-order valence-corrected chi connectivity index (χ4v) is 4.07. The first kappa shape index (κ1) is 22.6. The minimum absolute atomic E-state index is 0.0288. The molecule has 7 nitrogen and oxygen atoms in total. The number of fused-ring (bicyclic) bond motifs is 1. The van der Waals surface area contributed by atoms with Crippen LogP contribution in [0.25, 0.3) is 0 Å². The molecule has 2 saturated heterocycles. The van der Waals surface area contributed by atoms with Gasteiger partial charge in [-0.1, -0.05) is 0 Å². The number of alkyl halides is 3. The zero-order chi connectivity index (χ0) is 20.9. The summed E-state index contributed by atoms with van der Waals surface area (Å²) in [5.41, 5.74) is 0. The number of rotatable bonds is 3. The van der Waals surface area contributed by atoms with Gasteiger partial charge in [-0.05, 0) is 18.8 Å². The summed E-state index contributed by atoms with van der Waals surface area (Å²) in [6, 6.07) is 0. The highest BCUT2D eigenvalue weighted by Gasteiger charge is 2.39. The van der Waals surface area contributed by atoms with Crippen molar-refractivity contribution in [2.24, 2.45) is 11.8 Å². The maximum Gasteiger partial charge on any atom is 0.490 e. The minimum atomic E-state index is -5.08. The number of nitrogens with zero attached hydrogens (tertiary/aromatic N) is 3. The van der Waals surface area contributed by atoms with Crippen LogP contribution in [-0.2, 0) is 20.9 Å². The van der Waals surface area contributed by atoms with Crippen molar-refractivity contribution in [3.05, 3.63) is 16.6 Å². The second kappa shape index (κ2) is 9.66. The number of aromatic nitrogens is 1. The molecule has 1 N–H and O–H groups in total. The maximum absolute atomic E-state index is 12.1. The Kier molecular flexibility index (Phi) is 7.79. The quantitative estimate of drug-likeness (QED) is 0.802. The molecule has 3 rings (SSSR count). The monoisotopic (exact) mass is 423 g/mol. The van der Waals surface area contributed by atoms with Gasteiger partial charge in [0.15, 0.2) is 0 Å². The van der Waals surface area contributed by atoms with Crippen LogP contribution in [0.15, 0.2) is 11.6 Å². The minimum Gasteiger partial charge on any atom is -0.475 e. The number of carbonyl (C=O) groups excluding carboxylic acids is 1. The van der Waals surface area contributed by atoms with Gasteiger partial charge in [0.1, 0.15) is 5.01 Å². The smallest absolute Gasteiger partial charge is 0.475 e. The Balaban J connectivity index is 0.000000345. The lowest BCUT2D eigenvalue weighted by Crippen LogP contribution is -2.50. The van der Waals surface area contributed by atoms with Gasteiger partial charge in [-0.15, -0.1) is 11.3 Å². The van der Waals surface area contributed by atoms with Crippen LogP contribution >= 0.6 is 11.3 Å². The van der Waals surface area contributed by atoms with E-state index in [-0.39, 0.29) is 11.8 Å². The molecule has 0 saturated carbocycles. The molecule has 11 heteroatoms. The van der Waals surface area contributed by atoms with E-state index in [0.29, 0.717) is 18.6 Å². The number of halogens is 3. The number of hydrogen-bond donors (Lipinski definition) is 1. The molecule has 0 unspecified atom stereocenters. The lowest BCUT2D eigenvalue weighted by Gasteiger charge is -2.43. The summed E-state index contributed by atoms with van der Waals surface area (Å²) in [5, 5.41) is 10.3. The van der Waals surface area contributed by atoms with Crippen molar-refractivity contribution in [3.63, 3.8) is 0 Å². The van der Waals surface area contributed by atoms with Crippen molar-refractivity contribution in [3.8, 4) is 0 Å². The van der Waals surface area contributed by atoms with E-state index >= 15 is 0 Å². The number of carbonyl (C=O) groups is 2. The summed E-state index contributed by atoms with van der Waals surface area (Å²) in [5.74, 6) is -2.06. The van der Waals surface area contributed by atoms with Crippen molar-refractivity contribution in [1.29, 1.82) is 0 Å². The van der Waals surface area contributed by atoms with E-state index in [1.165, 1.54) is 5.01 Å². The average Bonchev–Trinajstić information content (AvgIpc) is 3.13. The normalized spacial score (nSPS) is 25.2. The third kappa shape index (κ3) is 6.42. The summed E-state index contributed by atoms with van der Waals surface area (Å²) >= 11 is 1.71. The van der Waals surface area contributed by atoms with Crippen molar-refractivity contribution >= 4 is 23.2 Å². The molecule has 0 aliphatic carbocycles. The van der Waals surface area contributed by atoms with Crippen LogP contribution in [0.5, 0.6) is 0 Å². The molecule has 1 aromatic rings. The first-order valence-electron chi connectivity index (χ1n) is 8.81. The average molecular weight is 423 g/mol. The number of aliphatic carboxylic acids is 1. The van der Waals surface area contributed by atoms with Gasteiger partial charge in [0.25, 0.3) is 0 Å². The number of amides is 1. The Bertz CT molecular complexity index is 655. The van der Waals surface area contributed by atoms with E-state index < -0.39 is 12.1 Å². The Morgan fingerprint density at radius 1 is 1.43 bits per heavy atom. The van der Waals surface area contributed by atoms with Crippen molar-refractivity contribution in [2.75, 3.05) is 33.8 Å². The maximum atomic E-state index is 12.1. The predicted octanol–water partition coefficient (Wildman–Crippen LogP) is 2.09. The Morgan fingerprint density at radius 2 is 2.11 bits per heavy atom. The molecule has 3 atom stereocenters. The van der Waals surface area contributed by atoms with E-state index in [2.05, 4.69) is 9.88 Å². The van der Waals surface area contributed by atoms with Crippen LogP contribution in [0.4, 0.5) is 13.2 Å². The third-order valence-corrected chi connectivity index (χ3v) is 5.49. The fraction of sp³-hybridized carbons (Fsp3) is 0.706. The van der Waals surface area contributed by atoms with Crippen LogP contribution in [0, 0.1) is 11.8 Å². The highest BCUT2D eigenvalue weighted by molar-refractivity contribution is 7.09. The van der Waals surface area contributed by atoms with Gasteiger partial charge in [0.2, 0.25) is 5.91 Å². The number of carboxylic acids is 1. The number of hydrogen-bond acceptors (Lipinski definition) is 6. The number of carboxylic acid groups (broad SMARTS) is 1.